The van der Waals surface area contributed by atoms with Gasteiger partial charge in [-0.25, -0.2) is 0 Å². The van der Waals surface area contributed by atoms with Crippen LogP contribution in [0.15, 0.2) is 24.3 Å². The van der Waals surface area contributed by atoms with Gasteiger partial charge in [-0.1, -0.05) is 102 Å². The SMILES string of the molecule is CCCC/C=C\C/C=C\CCCCCCCC(=O)OC(COCCC(C(=O)[O-])[N+](C)(C)C)COC(=O)CCCCCCCC. The molecule has 0 heterocycles. The summed E-state index contributed by atoms with van der Waals surface area (Å²) in [5.41, 5.74) is 0. The first-order chi connectivity index (χ1) is 21.1. The van der Waals surface area contributed by atoms with Gasteiger partial charge in [0.1, 0.15) is 12.6 Å². The number of nitrogens with zero attached hydrogens (tertiary/aromatic N) is 1. The van der Waals surface area contributed by atoms with Crippen molar-refractivity contribution in [3.63, 3.8) is 0 Å². The Morgan fingerprint density at radius 1 is 0.682 bits per heavy atom. The molecule has 0 rings (SSSR count). The first-order valence-corrected chi connectivity index (χ1v) is 17.4. The third-order valence-corrected chi connectivity index (χ3v) is 7.59. The lowest BCUT2D eigenvalue weighted by molar-refractivity contribution is -0.889. The molecule has 0 aliphatic rings. The topological polar surface area (TPSA) is 102 Å². The zero-order chi connectivity index (χ0) is 32.9. The van der Waals surface area contributed by atoms with Gasteiger partial charge < -0.3 is 28.6 Å². The van der Waals surface area contributed by atoms with Crippen LogP contribution in [0.4, 0.5) is 0 Å². The van der Waals surface area contributed by atoms with E-state index in [0.29, 0.717) is 12.8 Å². The van der Waals surface area contributed by atoms with Crippen molar-refractivity contribution in [2.75, 3.05) is 41.0 Å². The Balaban J connectivity index is 4.44. The lowest BCUT2D eigenvalue weighted by Crippen LogP contribution is -2.55. The lowest BCUT2D eigenvalue weighted by Gasteiger charge is -2.34. The first kappa shape index (κ1) is 41.8. The van der Waals surface area contributed by atoms with Crippen LogP contribution in [0.3, 0.4) is 0 Å². The standard InChI is InChI=1S/C36H65NO7/c1-6-8-10-12-14-15-16-17-18-19-20-21-23-25-27-35(39)44-32(30-42-29-28-33(36(40)41)37(3,4)5)31-43-34(38)26-24-22-13-11-9-7-2/h12,14,16-17,32-33H,6-11,13,15,18-31H2,1-5H3/b14-12-,17-16-. The Kier molecular flexibility index (Phi) is 26.9. The molecular formula is C36H65NO7. The maximum Gasteiger partial charge on any atom is 0.306 e. The molecule has 2 atom stereocenters. The molecular weight excluding hydrogens is 558 g/mol. The van der Waals surface area contributed by atoms with Crippen molar-refractivity contribution in [2.45, 2.75) is 148 Å². The van der Waals surface area contributed by atoms with Crippen LogP contribution < -0.4 is 5.11 Å². The van der Waals surface area contributed by atoms with Gasteiger partial charge in [0, 0.05) is 19.3 Å². The molecule has 256 valence electrons. The minimum atomic E-state index is -1.13. The predicted octanol–water partition coefficient (Wildman–Crippen LogP) is 6.85. The average Bonchev–Trinajstić information content (AvgIpc) is 2.96. The Bertz CT molecular complexity index is 788. The highest BCUT2D eigenvalue weighted by atomic mass is 16.6. The number of likely N-dealkylation sites (N-methyl/N-ethyl adjacent to an activating group) is 1. The van der Waals surface area contributed by atoms with Crippen molar-refractivity contribution in [1.29, 1.82) is 0 Å². The molecule has 0 radical (unpaired) electrons. The van der Waals surface area contributed by atoms with Gasteiger partial charge in [0.2, 0.25) is 0 Å². The summed E-state index contributed by atoms with van der Waals surface area (Å²) >= 11 is 0. The van der Waals surface area contributed by atoms with Crippen molar-refractivity contribution in [3.05, 3.63) is 24.3 Å². The molecule has 2 unspecified atom stereocenters. The number of unbranched alkanes of at least 4 members (excludes halogenated alkanes) is 12. The van der Waals surface area contributed by atoms with E-state index in [1.54, 1.807) is 21.1 Å². The molecule has 0 saturated carbocycles. The van der Waals surface area contributed by atoms with E-state index in [-0.39, 0.29) is 42.7 Å². The third kappa shape index (κ3) is 26.2. The largest absolute Gasteiger partial charge is 0.544 e. The number of rotatable bonds is 30. The molecule has 0 bridgehead atoms. The van der Waals surface area contributed by atoms with Gasteiger partial charge in [-0.2, -0.15) is 0 Å². The third-order valence-electron chi connectivity index (χ3n) is 7.59. The van der Waals surface area contributed by atoms with Gasteiger partial charge in [-0.15, -0.1) is 0 Å². The number of allylic oxidation sites excluding steroid dienone is 4. The van der Waals surface area contributed by atoms with Gasteiger partial charge in [-0.3, -0.25) is 9.59 Å². The maximum absolute atomic E-state index is 12.6. The quantitative estimate of drug-likeness (QED) is 0.0373. The number of carboxylic acids is 1. The second-order valence-electron chi connectivity index (χ2n) is 12.8. The number of hydrogen-bond donors (Lipinski definition) is 0. The van der Waals surface area contributed by atoms with E-state index < -0.39 is 18.1 Å². The number of carbonyl (C=O) groups is 3. The fourth-order valence-electron chi connectivity index (χ4n) is 4.79. The maximum atomic E-state index is 12.6. The van der Waals surface area contributed by atoms with E-state index in [0.717, 1.165) is 64.2 Å². The van der Waals surface area contributed by atoms with Crippen molar-refractivity contribution < 1.29 is 38.2 Å². The van der Waals surface area contributed by atoms with Gasteiger partial charge in [0.05, 0.1) is 40.3 Å². The number of aliphatic carboxylic acids is 1. The van der Waals surface area contributed by atoms with Crippen LogP contribution in [0.2, 0.25) is 0 Å². The molecule has 0 amide bonds. The molecule has 8 heteroatoms. The summed E-state index contributed by atoms with van der Waals surface area (Å²) < 4.78 is 16.9. The van der Waals surface area contributed by atoms with E-state index in [9.17, 15) is 19.5 Å². The Labute approximate surface area is 269 Å². The molecule has 0 saturated heterocycles. The van der Waals surface area contributed by atoms with E-state index in [1.807, 2.05) is 0 Å². The summed E-state index contributed by atoms with van der Waals surface area (Å²) in [5, 5.41) is 11.5. The van der Waals surface area contributed by atoms with Gasteiger partial charge in [0.15, 0.2) is 6.10 Å². The van der Waals surface area contributed by atoms with Gasteiger partial charge in [-0.05, 0) is 38.5 Å². The molecule has 0 fully saturated rings. The van der Waals surface area contributed by atoms with Crippen LogP contribution in [0.5, 0.6) is 0 Å². The van der Waals surface area contributed by atoms with Gasteiger partial charge in [0.25, 0.3) is 0 Å². The normalized spacial score (nSPS) is 13.4. The van der Waals surface area contributed by atoms with Crippen molar-refractivity contribution >= 4 is 17.9 Å². The summed E-state index contributed by atoms with van der Waals surface area (Å²) in [6, 6.07) is -0.723. The van der Waals surface area contributed by atoms with Crippen LogP contribution >= 0.6 is 0 Å². The number of carboxylic acid groups (broad SMARTS) is 1. The summed E-state index contributed by atoms with van der Waals surface area (Å²) in [6.45, 7) is 4.52. The van der Waals surface area contributed by atoms with Gasteiger partial charge >= 0.3 is 11.9 Å². The second kappa shape index (κ2) is 28.3. The molecule has 8 nitrogen and oxygen atoms in total. The average molecular weight is 624 g/mol. The Hall–Kier alpha value is -2.19. The van der Waals surface area contributed by atoms with Crippen LogP contribution in [0, 0.1) is 0 Å². The Morgan fingerprint density at radius 3 is 1.82 bits per heavy atom. The zero-order valence-electron chi connectivity index (χ0n) is 28.8. The van der Waals surface area contributed by atoms with E-state index in [2.05, 4.69) is 38.2 Å². The lowest BCUT2D eigenvalue weighted by atomic mass is 10.1. The van der Waals surface area contributed by atoms with Crippen molar-refractivity contribution in [3.8, 4) is 0 Å². The smallest absolute Gasteiger partial charge is 0.306 e. The number of hydrogen-bond acceptors (Lipinski definition) is 7. The minimum Gasteiger partial charge on any atom is -0.544 e. The summed E-state index contributed by atoms with van der Waals surface area (Å²) in [6.07, 6.45) is 26.5. The zero-order valence-corrected chi connectivity index (χ0v) is 28.8. The highest BCUT2D eigenvalue weighted by Gasteiger charge is 2.25. The Morgan fingerprint density at radius 2 is 1.23 bits per heavy atom. The fourth-order valence-corrected chi connectivity index (χ4v) is 4.79. The van der Waals surface area contributed by atoms with E-state index >= 15 is 0 Å². The summed E-state index contributed by atoms with van der Waals surface area (Å²) in [7, 11) is 5.38. The molecule has 0 aromatic rings. The molecule has 0 spiro atoms. The molecule has 0 aliphatic carbocycles. The molecule has 0 aromatic carbocycles. The monoisotopic (exact) mass is 623 g/mol. The van der Waals surface area contributed by atoms with E-state index in [4.69, 9.17) is 14.2 Å². The number of esters is 2. The minimum absolute atomic E-state index is 0.0367. The van der Waals surface area contributed by atoms with Crippen molar-refractivity contribution in [1.82, 2.24) is 0 Å². The van der Waals surface area contributed by atoms with E-state index in [1.165, 1.54) is 38.5 Å². The van der Waals surface area contributed by atoms with Crippen molar-refractivity contribution in [2.24, 2.45) is 0 Å². The van der Waals surface area contributed by atoms with Crippen LogP contribution in [-0.2, 0) is 28.6 Å². The molecule has 44 heavy (non-hydrogen) atoms. The molecule has 0 N–H and O–H groups in total. The highest BCUT2D eigenvalue weighted by Crippen LogP contribution is 2.12. The fraction of sp³-hybridized carbons (Fsp3) is 0.806. The number of quaternary nitrogens is 1. The second-order valence-corrected chi connectivity index (χ2v) is 12.8. The summed E-state index contributed by atoms with van der Waals surface area (Å²) in [4.78, 5) is 36.3. The first-order valence-electron chi connectivity index (χ1n) is 17.4. The number of ether oxygens (including phenoxy) is 3. The van der Waals surface area contributed by atoms with Crippen LogP contribution in [-0.4, -0.2) is 75.5 Å². The van der Waals surface area contributed by atoms with Crippen LogP contribution in [0.25, 0.3) is 0 Å². The molecule has 0 aliphatic heterocycles. The summed E-state index contributed by atoms with van der Waals surface area (Å²) in [5.74, 6) is -1.77. The predicted molar refractivity (Wildman–Crippen MR) is 176 cm³/mol. The highest BCUT2D eigenvalue weighted by molar-refractivity contribution is 5.70. The molecule has 0 aromatic heterocycles. The number of carbonyl (C=O) groups excluding carboxylic acids is 3. The van der Waals surface area contributed by atoms with Crippen LogP contribution in [0.1, 0.15) is 136 Å².